The van der Waals surface area contributed by atoms with Crippen molar-refractivity contribution in [2.24, 2.45) is 0 Å². The maximum Gasteiger partial charge on any atom is 0.276 e. The summed E-state index contributed by atoms with van der Waals surface area (Å²) in [7, 11) is 0. The van der Waals surface area contributed by atoms with E-state index in [1.807, 2.05) is 31.2 Å². The molecule has 6 nitrogen and oxygen atoms in total. The minimum absolute atomic E-state index is 0.265. The van der Waals surface area contributed by atoms with Crippen LogP contribution < -0.4 is 10.1 Å². The first kappa shape index (κ1) is 14.8. The van der Waals surface area contributed by atoms with Gasteiger partial charge in [-0.3, -0.25) is 14.9 Å². The van der Waals surface area contributed by atoms with Crippen LogP contribution in [0.25, 0.3) is 0 Å². The first-order chi connectivity index (χ1) is 11.2. The highest BCUT2D eigenvalue weighted by molar-refractivity contribution is 6.02. The van der Waals surface area contributed by atoms with Gasteiger partial charge in [0.2, 0.25) is 0 Å². The predicted molar refractivity (Wildman–Crippen MR) is 86.3 cm³/mol. The number of H-pyrrole nitrogens is 1. The minimum Gasteiger partial charge on any atom is -0.489 e. The number of nitrogens with one attached hydrogen (secondary N) is 2. The Morgan fingerprint density at radius 2 is 2.17 bits per heavy atom. The maximum atomic E-state index is 12.1. The van der Waals surface area contributed by atoms with Crippen molar-refractivity contribution in [3.63, 3.8) is 0 Å². The summed E-state index contributed by atoms with van der Waals surface area (Å²) in [6.45, 7) is 2.26. The number of pyridine rings is 1. The Balaban J connectivity index is 1.64. The van der Waals surface area contributed by atoms with Crippen LogP contribution in [0.1, 0.15) is 21.7 Å². The number of aromatic nitrogens is 3. The average Bonchev–Trinajstić information content (AvgIpc) is 3.01. The zero-order valence-electron chi connectivity index (χ0n) is 12.6. The van der Waals surface area contributed by atoms with Crippen molar-refractivity contribution in [1.82, 2.24) is 15.2 Å². The number of hydrogen-bond acceptors (Lipinski definition) is 4. The molecule has 1 amide bonds. The van der Waals surface area contributed by atoms with E-state index in [1.165, 1.54) is 0 Å². The summed E-state index contributed by atoms with van der Waals surface area (Å²) in [5.74, 6) is 0.406. The van der Waals surface area contributed by atoms with E-state index < -0.39 is 0 Å². The molecular weight excluding hydrogens is 292 g/mol. The third-order valence-corrected chi connectivity index (χ3v) is 3.16. The fourth-order valence-corrected chi connectivity index (χ4v) is 2.04. The molecule has 0 aliphatic rings. The summed E-state index contributed by atoms with van der Waals surface area (Å²) >= 11 is 0. The molecule has 23 heavy (non-hydrogen) atoms. The van der Waals surface area contributed by atoms with E-state index in [-0.39, 0.29) is 5.91 Å². The quantitative estimate of drug-likeness (QED) is 0.759. The zero-order valence-corrected chi connectivity index (χ0v) is 12.6. The number of carbonyl (C=O) groups excluding carboxylic acids is 1. The standard InChI is InChI=1S/C17H16N4O2/c1-12-8-16(21-20-12)17(22)19-14-5-2-6-15(9-14)23-11-13-4-3-7-18-10-13/h2-10H,11H2,1H3,(H,19,22)(H,20,21). The summed E-state index contributed by atoms with van der Waals surface area (Å²) in [4.78, 5) is 16.1. The fourth-order valence-electron chi connectivity index (χ4n) is 2.04. The molecule has 0 atom stereocenters. The highest BCUT2D eigenvalue weighted by Crippen LogP contribution is 2.19. The van der Waals surface area contributed by atoms with Crippen LogP contribution in [0.3, 0.4) is 0 Å². The number of benzene rings is 1. The van der Waals surface area contributed by atoms with Gasteiger partial charge in [-0.15, -0.1) is 0 Å². The molecule has 116 valence electrons. The molecule has 0 aliphatic heterocycles. The van der Waals surface area contributed by atoms with E-state index in [0.29, 0.717) is 23.7 Å². The van der Waals surface area contributed by atoms with E-state index >= 15 is 0 Å². The Morgan fingerprint density at radius 1 is 1.26 bits per heavy atom. The third-order valence-electron chi connectivity index (χ3n) is 3.16. The van der Waals surface area contributed by atoms with Crippen molar-refractivity contribution in [1.29, 1.82) is 0 Å². The summed E-state index contributed by atoms with van der Waals surface area (Å²) in [6, 6.07) is 12.7. The Bertz CT molecular complexity index is 799. The van der Waals surface area contributed by atoms with Gasteiger partial charge in [0.25, 0.3) is 5.91 Å². The Morgan fingerprint density at radius 3 is 2.91 bits per heavy atom. The van der Waals surface area contributed by atoms with E-state index in [1.54, 1.807) is 30.6 Å². The van der Waals surface area contributed by atoms with Gasteiger partial charge in [-0.25, -0.2) is 0 Å². The second-order valence-electron chi connectivity index (χ2n) is 5.07. The molecule has 6 heteroatoms. The topological polar surface area (TPSA) is 79.9 Å². The molecule has 0 saturated carbocycles. The number of aromatic amines is 1. The molecular formula is C17H16N4O2. The van der Waals surface area contributed by atoms with Gasteiger partial charge in [-0.2, -0.15) is 5.10 Å². The zero-order chi connectivity index (χ0) is 16.1. The Labute approximate surface area is 133 Å². The maximum absolute atomic E-state index is 12.1. The molecule has 0 unspecified atom stereocenters. The van der Waals surface area contributed by atoms with Crippen LogP contribution in [0.15, 0.2) is 54.9 Å². The van der Waals surface area contributed by atoms with Crippen molar-refractivity contribution in [3.8, 4) is 5.75 Å². The summed E-state index contributed by atoms with van der Waals surface area (Å²) in [5.41, 5.74) is 2.82. The molecule has 2 aromatic heterocycles. The number of anilines is 1. The number of rotatable bonds is 5. The molecule has 0 aliphatic carbocycles. The van der Waals surface area contributed by atoms with Crippen molar-refractivity contribution in [2.45, 2.75) is 13.5 Å². The predicted octanol–water partition coefficient (Wildman–Crippen LogP) is 2.94. The van der Waals surface area contributed by atoms with Gasteiger partial charge in [0.1, 0.15) is 12.4 Å². The van der Waals surface area contributed by atoms with Crippen molar-refractivity contribution in [2.75, 3.05) is 5.32 Å². The first-order valence-corrected chi connectivity index (χ1v) is 7.16. The number of aryl methyl sites for hydroxylation is 1. The number of ether oxygens (including phenoxy) is 1. The Hall–Kier alpha value is -3.15. The molecule has 2 heterocycles. The van der Waals surface area contributed by atoms with Crippen LogP contribution in [-0.4, -0.2) is 21.1 Å². The third kappa shape index (κ3) is 3.94. The highest BCUT2D eigenvalue weighted by atomic mass is 16.5. The molecule has 0 saturated heterocycles. The summed E-state index contributed by atoms with van der Waals surface area (Å²) < 4.78 is 5.71. The second-order valence-corrected chi connectivity index (χ2v) is 5.07. The fraction of sp³-hybridized carbons (Fsp3) is 0.118. The lowest BCUT2D eigenvalue weighted by atomic mass is 10.2. The second kappa shape index (κ2) is 6.74. The lowest BCUT2D eigenvalue weighted by molar-refractivity contribution is 0.102. The SMILES string of the molecule is Cc1cc(C(=O)Nc2cccc(OCc3cccnc3)c2)n[nH]1. The van der Waals surface area contributed by atoms with Crippen molar-refractivity contribution < 1.29 is 9.53 Å². The average molecular weight is 308 g/mol. The van der Waals surface area contributed by atoms with Crippen LogP contribution in [0.5, 0.6) is 5.75 Å². The normalized spacial score (nSPS) is 10.3. The van der Waals surface area contributed by atoms with Gasteiger partial charge in [-0.1, -0.05) is 12.1 Å². The minimum atomic E-state index is -0.265. The van der Waals surface area contributed by atoms with Gasteiger partial charge in [0.15, 0.2) is 5.69 Å². The molecule has 2 N–H and O–H groups in total. The van der Waals surface area contributed by atoms with E-state index in [4.69, 9.17) is 4.74 Å². The van der Waals surface area contributed by atoms with Gasteiger partial charge < -0.3 is 10.1 Å². The Kier molecular flexibility index (Phi) is 4.33. The first-order valence-electron chi connectivity index (χ1n) is 7.16. The number of nitrogens with zero attached hydrogens (tertiary/aromatic N) is 2. The van der Waals surface area contributed by atoms with E-state index in [0.717, 1.165) is 11.3 Å². The number of amides is 1. The van der Waals surface area contributed by atoms with Crippen molar-refractivity contribution >= 4 is 11.6 Å². The van der Waals surface area contributed by atoms with Crippen molar-refractivity contribution in [3.05, 3.63) is 71.8 Å². The van der Waals surface area contributed by atoms with Gasteiger partial charge >= 0.3 is 0 Å². The van der Waals surface area contributed by atoms with Crippen LogP contribution >= 0.6 is 0 Å². The van der Waals surface area contributed by atoms with Crippen LogP contribution in [0.2, 0.25) is 0 Å². The molecule has 0 radical (unpaired) electrons. The lowest BCUT2D eigenvalue weighted by Gasteiger charge is -2.08. The number of carbonyl (C=O) groups is 1. The molecule has 3 aromatic rings. The molecule has 1 aromatic carbocycles. The van der Waals surface area contributed by atoms with Gasteiger partial charge in [0.05, 0.1) is 0 Å². The van der Waals surface area contributed by atoms with Crippen LogP contribution in [0.4, 0.5) is 5.69 Å². The van der Waals surface area contributed by atoms with Crippen LogP contribution in [0, 0.1) is 6.92 Å². The molecule has 0 spiro atoms. The summed E-state index contributed by atoms with van der Waals surface area (Å²) in [6.07, 6.45) is 3.47. The smallest absolute Gasteiger partial charge is 0.276 e. The summed E-state index contributed by atoms with van der Waals surface area (Å²) in [5, 5.41) is 9.48. The van der Waals surface area contributed by atoms with Gasteiger partial charge in [0, 0.05) is 35.4 Å². The van der Waals surface area contributed by atoms with E-state index in [9.17, 15) is 4.79 Å². The number of hydrogen-bond donors (Lipinski definition) is 2. The largest absolute Gasteiger partial charge is 0.489 e. The molecule has 0 fully saturated rings. The lowest BCUT2D eigenvalue weighted by Crippen LogP contribution is -2.12. The van der Waals surface area contributed by atoms with Crippen LogP contribution in [-0.2, 0) is 6.61 Å². The van der Waals surface area contributed by atoms with E-state index in [2.05, 4.69) is 20.5 Å². The molecule has 0 bridgehead atoms. The van der Waals surface area contributed by atoms with Gasteiger partial charge in [-0.05, 0) is 31.2 Å². The molecule has 3 rings (SSSR count). The monoisotopic (exact) mass is 308 g/mol. The highest BCUT2D eigenvalue weighted by Gasteiger charge is 2.09.